The van der Waals surface area contributed by atoms with E-state index < -0.39 is 10.0 Å². The summed E-state index contributed by atoms with van der Waals surface area (Å²) in [5.74, 6) is -0.351. The molecule has 18 heavy (non-hydrogen) atoms. The Kier molecular flexibility index (Phi) is 3.79. The van der Waals surface area contributed by atoms with Gasteiger partial charge < -0.3 is 5.32 Å². The minimum atomic E-state index is -3.78. The number of aromatic nitrogens is 2. The van der Waals surface area contributed by atoms with E-state index in [1.54, 1.807) is 0 Å². The van der Waals surface area contributed by atoms with Gasteiger partial charge in [0.15, 0.2) is 0 Å². The van der Waals surface area contributed by atoms with Gasteiger partial charge in [0.05, 0.1) is 18.9 Å². The van der Waals surface area contributed by atoms with Crippen LogP contribution in [0, 0.1) is 0 Å². The molecule has 0 spiro atoms. The highest BCUT2D eigenvalue weighted by Gasteiger charge is 2.24. The van der Waals surface area contributed by atoms with Gasteiger partial charge in [-0.2, -0.15) is 0 Å². The topological polar surface area (TPSA) is 101 Å². The van der Waals surface area contributed by atoms with Crippen molar-refractivity contribution < 1.29 is 13.2 Å². The lowest BCUT2D eigenvalue weighted by atomic mass is 10.5. The second-order valence-corrected chi connectivity index (χ2v) is 5.96. The van der Waals surface area contributed by atoms with E-state index in [1.165, 1.54) is 0 Å². The number of nitrogens with one attached hydrogen (secondary N) is 2. The molecule has 2 N–H and O–H groups in total. The van der Waals surface area contributed by atoms with Crippen molar-refractivity contribution >= 4 is 27.5 Å². The van der Waals surface area contributed by atoms with Crippen molar-refractivity contribution in [2.75, 3.05) is 6.54 Å². The molecule has 1 amide bonds. The summed E-state index contributed by atoms with van der Waals surface area (Å²) in [7, 11) is -3.78. The molecule has 0 unspecified atom stereocenters. The van der Waals surface area contributed by atoms with Crippen molar-refractivity contribution in [2.24, 2.45) is 0 Å². The predicted octanol–water partition coefficient (Wildman–Crippen LogP) is -0.313. The molecule has 9 heteroatoms. The van der Waals surface area contributed by atoms with Gasteiger partial charge in [-0.3, -0.25) is 4.79 Å². The highest BCUT2D eigenvalue weighted by molar-refractivity contribution is 7.89. The summed E-state index contributed by atoms with van der Waals surface area (Å²) in [6.45, 7) is -0.304. The Bertz CT molecular complexity index is 541. The molecule has 0 atom stereocenters. The van der Waals surface area contributed by atoms with Crippen LogP contribution in [0.3, 0.4) is 0 Å². The first-order chi connectivity index (χ1) is 8.47. The van der Waals surface area contributed by atoms with Crippen LogP contribution in [0.15, 0.2) is 17.3 Å². The Morgan fingerprint density at radius 1 is 1.39 bits per heavy atom. The molecule has 0 saturated heterocycles. The smallest absolute Gasteiger partial charge is 0.244 e. The van der Waals surface area contributed by atoms with E-state index in [0.717, 1.165) is 25.2 Å². The van der Waals surface area contributed by atoms with Crippen LogP contribution in [-0.2, 0) is 14.8 Å². The first kappa shape index (κ1) is 13.2. The Labute approximate surface area is 109 Å². The predicted molar refractivity (Wildman–Crippen MR) is 63.4 cm³/mol. The summed E-state index contributed by atoms with van der Waals surface area (Å²) in [6.07, 6.45) is 4.06. The highest BCUT2D eigenvalue weighted by Crippen LogP contribution is 2.18. The van der Waals surface area contributed by atoms with Gasteiger partial charge in [-0.1, -0.05) is 0 Å². The van der Waals surface area contributed by atoms with Gasteiger partial charge in [-0.15, -0.1) is 0 Å². The van der Waals surface area contributed by atoms with Gasteiger partial charge in [0.2, 0.25) is 21.2 Å². The Morgan fingerprint density at radius 2 is 2.00 bits per heavy atom. The van der Waals surface area contributed by atoms with Gasteiger partial charge in [0.1, 0.15) is 4.90 Å². The normalized spacial score (nSPS) is 15.4. The Balaban J connectivity index is 1.94. The lowest BCUT2D eigenvalue weighted by molar-refractivity contribution is -0.120. The number of amides is 1. The van der Waals surface area contributed by atoms with Gasteiger partial charge in [0.25, 0.3) is 0 Å². The van der Waals surface area contributed by atoms with Gasteiger partial charge in [-0.05, 0) is 24.4 Å². The molecule has 1 aromatic heterocycles. The minimum absolute atomic E-state index is 0.0413. The number of rotatable bonds is 5. The summed E-state index contributed by atoms with van der Waals surface area (Å²) in [4.78, 5) is 18.3. The summed E-state index contributed by atoms with van der Waals surface area (Å²) >= 11 is 5.45. The van der Waals surface area contributed by atoms with Gasteiger partial charge in [-0.25, -0.2) is 23.1 Å². The average molecular weight is 291 g/mol. The molecule has 1 heterocycles. The summed E-state index contributed by atoms with van der Waals surface area (Å²) in [6, 6.07) is 0.195. The summed E-state index contributed by atoms with van der Waals surface area (Å²) < 4.78 is 25.6. The fraction of sp³-hybridized carbons (Fsp3) is 0.444. The number of nitrogens with zero attached hydrogens (tertiary/aromatic N) is 2. The molecule has 1 aliphatic carbocycles. The third-order valence-electron chi connectivity index (χ3n) is 2.27. The number of hydrogen-bond donors (Lipinski definition) is 2. The molecular formula is C9H11ClN4O3S. The van der Waals surface area contributed by atoms with E-state index in [1.807, 2.05) is 0 Å². The third-order valence-corrected chi connectivity index (χ3v) is 3.82. The standard InChI is InChI=1S/C9H11ClN4O3S/c10-9-11-3-7(4-12-9)18(16,17)13-5-8(15)14-6-1-2-6/h3-4,6,13H,1-2,5H2,(H,14,15). The van der Waals surface area contributed by atoms with Crippen LogP contribution in [-0.4, -0.2) is 36.9 Å². The highest BCUT2D eigenvalue weighted by atomic mass is 35.5. The summed E-state index contributed by atoms with van der Waals surface area (Å²) in [5.41, 5.74) is 0. The second kappa shape index (κ2) is 5.17. The SMILES string of the molecule is O=C(CNS(=O)(=O)c1cnc(Cl)nc1)NC1CC1. The molecule has 1 aromatic rings. The fourth-order valence-electron chi connectivity index (χ4n) is 1.19. The maximum Gasteiger partial charge on any atom is 0.244 e. The zero-order valence-corrected chi connectivity index (χ0v) is 10.8. The van der Waals surface area contributed by atoms with Gasteiger partial charge >= 0.3 is 0 Å². The Hall–Kier alpha value is -1.25. The van der Waals surface area contributed by atoms with E-state index in [9.17, 15) is 13.2 Å². The van der Waals surface area contributed by atoms with E-state index in [-0.39, 0.29) is 28.7 Å². The molecule has 7 nitrogen and oxygen atoms in total. The van der Waals surface area contributed by atoms with Crippen molar-refractivity contribution in [3.05, 3.63) is 17.7 Å². The van der Waals surface area contributed by atoms with Crippen molar-refractivity contribution in [3.8, 4) is 0 Å². The lowest BCUT2D eigenvalue weighted by Gasteiger charge is -2.06. The lowest BCUT2D eigenvalue weighted by Crippen LogP contribution is -2.37. The van der Waals surface area contributed by atoms with Crippen LogP contribution in [0.25, 0.3) is 0 Å². The molecule has 0 aliphatic heterocycles. The van der Waals surface area contributed by atoms with E-state index in [0.29, 0.717) is 0 Å². The van der Waals surface area contributed by atoms with E-state index >= 15 is 0 Å². The molecule has 1 saturated carbocycles. The molecule has 98 valence electrons. The number of hydrogen-bond acceptors (Lipinski definition) is 5. The first-order valence-corrected chi connectivity index (χ1v) is 7.10. The minimum Gasteiger partial charge on any atom is -0.352 e. The van der Waals surface area contributed by atoms with Crippen LogP contribution in [0.1, 0.15) is 12.8 Å². The van der Waals surface area contributed by atoms with Crippen LogP contribution < -0.4 is 10.0 Å². The van der Waals surface area contributed by atoms with Crippen LogP contribution in [0.5, 0.6) is 0 Å². The molecule has 1 fully saturated rings. The average Bonchev–Trinajstić information content (AvgIpc) is 3.11. The monoisotopic (exact) mass is 290 g/mol. The van der Waals surface area contributed by atoms with Crippen molar-refractivity contribution in [1.29, 1.82) is 0 Å². The van der Waals surface area contributed by atoms with Crippen LogP contribution in [0.4, 0.5) is 0 Å². The van der Waals surface area contributed by atoms with Crippen LogP contribution in [0.2, 0.25) is 5.28 Å². The maximum atomic E-state index is 11.7. The number of halogens is 1. The van der Waals surface area contributed by atoms with Crippen LogP contribution >= 0.6 is 11.6 Å². The first-order valence-electron chi connectivity index (χ1n) is 5.24. The van der Waals surface area contributed by atoms with Crippen molar-refractivity contribution in [1.82, 2.24) is 20.0 Å². The summed E-state index contributed by atoms with van der Waals surface area (Å²) in [5, 5.41) is 2.63. The zero-order chi connectivity index (χ0) is 13.2. The Morgan fingerprint density at radius 3 is 2.56 bits per heavy atom. The number of carbonyl (C=O) groups is 1. The van der Waals surface area contributed by atoms with E-state index in [4.69, 9.17) is 11.6 Å². The molecule has 0 bridgehead atoms. The fourth-order valence-corrected chi connectivity index (χ4v) is 2.16. The maximum absolute atomic E-state index is 11.7. The largest absolute Gasteiger partial charge is 0.352 e. The third kappa shape index (κ3) is 3.62. The molecule has 0 aromatic carbocycles. The molecule has 2 rings (SSSR count). The van der Waals surface area contributed by atoms with Crippen molar-refractivity contribution in [2.45, 2.75) is 23.8 Å². The van der Waals surface area contributed by atoms with E-state index in [2.05, 4.69) is 20.0 Å². The quantitative estimate of drug-likeness (QED) is 0.724. The molecule has 1 aliphatic rings. The molecule has 0 radical (unpaired) electrons. The number of carbonyl (C=O) groups excluding carboxylic acids is 1. The van der Waals surface area contributed by atoms with Crippen molar-refractivity contribution in [3.63, 3.8) is 0 Å². The number of sulfonamides is 1. The second-order valence-electron chi connectivity index (χ2n) is 3.85. The van der Waals surface area contributed by atoms with Gasteiger partial charge in [0, 0.05) is 6.04 Å². The zero-order valence-electron chi connectivity index (χ0n) is 9.26. The molecular weight excluding hydrogens is 280 g/mol.